The highest BCUT2D eigenvalue weighted by atomic mass is 32.2. The SMILES string of the molecule is Cc1ccc(S(=O)(=O)N2CC=CC2CC(C)C)cc1. The maximum atomic E-state index is 12.6. The largest absolute Gasteiger partial charge is 0.243 e. The minimum Gasteiger partial charge on any atom is -0.207 e. The van der Waals surface area contributed by atoms with E-state index in [2.05, 4.69) is 13.8 Å². The second kappa shape index (κ2) is 5.47. The van der Waals surface area contributed by atoms with Gasteiger partial charge in [0.15, 0.2) is 0 Å². The molecule has 1 aliphatic rings. The Morgan fingerprint density at radius 3 is 2.47 bits per heavy atom. The quantitative estimate of drug-likeness (QED) is 0.795. The highest BCUT2D eigenvalue weighted by Gasteiger charge is 2.32. The average molecular weight is 279 g/mol. The molecule has 1 unspecified atom stereocenters. The minimum absolute atomic E-state index is 0.00805. The zero-order valence-electron chi connectivity index (χ0n) is 11.7. The summed E-state index contributed by atoms with van der Waals surface area (Å²) in [4.78, 5) is 0.385. The van der Waals surface area contributed by atoms with Crippen LogP contribution in [-0.2, 0) is 10.0 Å². The molecule has 0 N–H and O–H groups in total. The van der Waals surface area contributed by atoms with Gasteiger partial charge in [0.05, 0.1) is 4.90 Å². The van der Waals surface area contributed by atoms with Crippen molar-refractivity contribution in [2.75, 3.05) is 6.54 Å². The van der Waals surface area contributed by atoms with Crippen molar-refractivity contribution in [3.8, 4) is 0 Å². The van der Waals surface area contributed by atoms with E-state index in [-0.39, 0.29) is 6.04 Å². The molecule has 0 radical (unpaired) electrons. The van der Waals surface area contributed by atoms with Crippen LogP contribution in [0.25, 0.3) is 0 Å². The molecule has 3 nitrogen and oxygen atoms in total. The van der Waals surface area contributed by atoms with Crippen LogP contribution in [-0.4, -0.2) is 25.3 Å². The fourth-order valence-electron chi connectivity index (χ4n) is 2.35. The molecule has 0 bridgehead atoms. The van der Waals surface area contributed by atoms with Gasteiger partial charge >= 0.3 is 0 Å². The maximum absolute atomic E-state index is 12.6. The Hall–Kier alpha value is -1.13. The van der Waals surface area contributed by atoms with Gasteiger partial charge in [0, 0.05) is 12.6 Å². The van der Waals surface area contributed by atoms with Crippen molar-refractivity contribution in [1.29, 1.82) is 0 Å². The third-order valence-corrected chi connectivity index (χ3v) is 5.26. The minimum atomic E-state index is -3.38. The first-order valence-corrected chi connectivity index (χ1v) is 8.10. The first kappa shape index (κ1) is 14.3. The summed E-state index contributed by atoms with van der Waals surface area (Å²) in [6, 6.07) is 7.05. The van der Waals surface area contributed by atoms with Crippen LogP contribution in [0.1, 0.15) is 25.8 Å². The Bertz CT molecular complexity index is 558. The number of hydrogen-bond donors (Lipinski definition) is 0. The van der Waals surface area contributed by atoms with E-state index in [1.54, 1.807) is 16.4 Å². The molecule has 2 rings (SSSR count). The molecule has 1 heterocycles. The lowest BCUT2D eigenvalue weighted by atomic mass is 10.1. The zero-order valence-corrected chi connectivity index (χ0v) is 12.5. The first-order chi connectivity index (χ1) is 8.91. The third kappa shape index (κ3) is 3.07. The lowest BCUT2D eigenvalue weighted by Gasteiger charge is -2.25. The van der Waals surface area contributed by atoms with Crippen LogP contribution in [0.5, 0.6) is 0 Å². The summed E-state index contributed by atoms with van der Waals surface area (Å²) in [6.07, 6.45) is 4.81. The molecule has 0 saturated carbocycles. The van der Waals surface area contributed by atoms with Crippen LogP contribution in [0.2, 0.25) is 0 Å². The van der Waals surface area contributed by atoms with Gasteiger partial charge in [-0.3, -0.25) is 0 Å². The Labute approximate surface area is 116 Å². The predicted octanol–water partition coefficient (Wildman–Crippen LogP) is 2.97. The van der Waals surface area contributed by atoms with Gasteiger partial charge in [-0.15, -0.1) is 0 Å². The first-order valence-electron chi connectivity index (χ1n) is 6.66. The number of rotatable bonds is 4. The Balaban J connectivity index is 2.27. The molecule has 19 heavy (non-hydrogen) atoms. The highest BCUT2D eigenvalue weighted by Crippen LogP contribution is 2.25. The number of benzene rings is 1. The van der Waals surface area contributed by atoms with Crippen molar-refractivity contribution in [1.82, 2.24) is 4.31 Å². The highest BCUT2D eigenvalue weighted by molar-refractivity contribution is 7.89. The van der Waals surface area contributed by atoms with E-state index in [0.29, 0.717) is 17.4 Å². The Morgan fingerprint density at radius 2 is 1.89 bits per heavy atom. The monoisotopic (exact) mass is 279 g/mol. The molecule has 0 saturated heterocycles. The molecule has 0 aliphatic carbocycles. The van der Waals surface area contributed by atoms with Crippen molar-refractivity contribution in [2.24, 2.45) is 5.92 Å². The molecule has 0 fully saturated rings. The summed E-state index contributed by atoms with van der Waals surface area (Å²) in [5.41, 5.74) is 1.07. The summed E-state index contributed by atoms with van der Waals surface area (Å²) >= 11 is 0. The molecule has 1 aliphatic heterocycles. The molecule has 1 atom stereocenters. The van der Waals surface area contributed by atoms with Crippen LogP contribution >= 0.6 is 0 Å². The lowest BCUT2D eigenvalue weighted by Crippen LogP contribution is -2.36. The fraction of sp³-hybridized carbons (Fsp3) is 0.467. The van der Waals surface area contributed by atoms with Crippen molar-refractivity contribution < 1.29 is 8.42 Å². The maximum Gasteiger partial charge on any atom is 0.243 e. The van der Waals surface area contributed by atoms with E-state index < -0.39 is 10.0 Å². The Kier molecular flexibility index (Phi) is 4.11. The van der Waals surface area contributed by atoms with Gasteiger partial charge in [-0.1, -0.05) is 43.7 Å². The third-order valence-electron chi connectivity index (χ3n) is 3.35. The van der Waals surface area contributed by atoms with Crippen LogP contribution in [0.4, 0.5) is 0 Å². The van der Waals surface area contributed by atoms with E-state index in [9.17, 15) is 8.42 Å². The van der Waals surface area contributed by atoms with Crippen molar-refractivity contribution >= 4 is 10.0 Å². The van der Waals surface area contributed by atoms with Gasteiger partial charge in [-0.25, -0.2) is 8.42 Å². The van der Waals surface area contributed by atoms with E-state index >= 15 is 0 Å². The summed E-state index contributed by atoms with van der Waals surface area (Å²) < 4.78 is 26.8. The van der Waals surface area contributed by atoms with Crippen LogP contribution in [0.15, 0.2) is 41.3 Å². The lowest BCUT2D eigenvalue weighted by molar-refractivity contribution is 0.362. The summed E-state index contributed by atoms with van der Waals surface area (Å²) in [5.74, 6) is 0.475. The molecule has 104 valence electrons. The summed E-state index contributed by atoms with van der Waals surface area (Å²) in [6.45, 7) is 6.66. The molecule has 0 aromatic heterocycles. The normalized spacial score (nSPS) is 20.3. The van der Waals surface area contributed by atoms with Gasteiger partial charge in [-0.05, 0) is 31.4 Å². The second-order valence-corrected chi connectivity index (χ2v) is 7.40. The van der Waals surface area contributed by atoms with Crippen LogP contribution in [0.3, 0.4) is 0 Å². The molecular formula is C15H21NO2S. The number of aryl methyl sites for hydroxylation is 1. The van der Waals surface area contributed by atoms with Gasteiger partial charge in [0.25, 0.3) is 0 Å². The van der Waals surface area contributed by atoms with Crippen molar-refractivity contribution in [3.05, 3.63) is 42.0 Å². The van der Waals surface area contributed by atoms with Gasteiger partial charge in [-0.2, -0.15) is 4.31 Å². The number of nitrogens with zero attached hydrogens (tertiary/aromatic N) is 1. The molecule has 1 aromatic carbocycles. The van der Waals surface area contributed by atoms with E-state index in [1.165, 1.54) is 0 Å². The smallest absolute Gasteiger partial charge is 0.207 e. The van der Waals surface area contributed by atoms with Gasteiger partial charge in [0.2, 0.25) is 10.0 Å². The summed E-state index contributed by atoms with van der Waals surface area (Å²) in [7, 11) is -3.38. The second-order valence-electron chi connectivity index (χ2n) is 5.51. The standard InChI is InChI=1S/C15H21NO2S/c1-12(2)11-14-5-4-10-16(14)19(17,18)15-8-6-13(3)7-9-15/h4-9,12,14H,10-11H2,1-3H3. The Morgan fingerprint density at radius 1 is 1.26 bits per heavy atom. The number of hydrogen-bond acceptors (Lipinski definition) is 2. The molecule has 0 amide bonds. The van der Waals surface area contributed by atoms with Crippen molar-refractivity contribution in [3.63, 3.8) is 0 Å². The molecule has 4 heteroatoms. The van der Waals surface area contributed by atoms with E-state index in [0.717, 1.165) is 12.0 Å². The molecule has 1 aromatic rings. The molecule has 0 spiro atoms. The zero-order chi connectivity index (χ0) is 14.0. The van der Waals surface area contributed by atoms with Crippen LogP contribution in [0, 0.1) is 12.8 Å². The van der Waals surface area contributed by atoms with Crippen molar-refractivity contribution in [2.45, 2.75) is 38.1 Å². The van der Waals surface area contributed by atoms with E-state index in [4.69, 9.17) is 0 Å². The van der Waals surface area contributed by atoms with E-state index in [1.807, 2.05) is 31.2 Å². The topological polar surface area (TPSA) is 37.4 Å². The molecular weight excluding hydrogens is 258 g/mol. The fourth-order valence-corrected chi connectivity index (χ4v) is 3.90. The van der Waals surface area contributed by atoms with Gasteiger partial charge in [0.1, 0.15) is 0 Å². The van der Waals surface area contributed by atoms with Gasteiger partial charge < -0.3 is 0 Å². The van der Waals surface area contributed by atoms with Crippen LogP contribution < -0.4 is 0 Å². The number of sulfonamides is 1. The average Bonchev–Trinajstić information content (AvgIpc) is 2.77. The predicted molar refractivity (Wildman–Crippen MR) is 77.5 cm³/mol. The summed E-state index contributed by atoms with van der Waals surface area (Å²) in [5, 5.41) is 0.